The minimum absolute atomic E-state index is 0.0156. The first-order valence-electron chi connectivity index (χ1n) is 10.2. The number of nitrogens with zero attached hydrogens (tertiary/aromatic N) is 4. The zero-order valence-electron chi connectivity index (χ0n) is 17.1. The number of anilines is 1. The number of hydrogen-bond donors (Lipinski definition) is 0. The quantitative estimate of drug-likeness (QED) is 0.452. The molecule has 0 spiro atoms. The van der Waals surface area contributed by atoms with E-state index in [1.807, 2.05) is 54.6 Å². The first-order chi connectivity index (χ1) is 15.2. The number of methoxy groups -OCH3 is 1. The molecule has 1 aliphatic rings. The lowest BCUT2D eigenvalue weighted by atomic mass is 10.2. The molecule has 0 unspecified atom stereocenters. The Balaban J connectivity index is 1.54. The first-order valence-corrected chi connectivity index (χ1v) is 11.0. The minimum Gasteiger partial charge on any atom is -0.493 e. The summed E-state index contributed by atoms with van der Waals surface area (Å²) in [5, 5.41) is 5.20. The van der Waals surface area contributed by atoms with E-state index in [0.29, 0.717) is 17.4 Å². The smallest absolute Gasteiger partial charge is 0.284 e. The lowest BCUT2D eigenvalue weighted by Crippen LogP contribution is -2.38. The summed E-state index contributed by atoms with van der Waals surface area (Å²) in [5.74, 6) is 0.174. The van der Waals surface area contributed by atoms with Crippen LogP contribution in [0.1, 0.15) is 23.3 Å². The molecule has 1 aliphatic heterocycles. The maximum atomic E-state index is 13.7. The Bertz CT molecular complexity index is 1160. The molecule has 5 rings (SSSR count). The largest absolute Gasteiger partial charge is 0.493 e. The fourth-order valence-corrected chi connectivity index (χ4v) is 4.68. The van der Waals surface area contributed by atoms with Gasteiger partial charge in [-0.15, -0.1) is 0 Å². The van der Waals surface area contributed by atoms with Gasteiger partial charge in [-0.3, -0.25) is 9.69 Å². The third-order valence-electron chi connectivity index (χ3n) is 5.29. The second kappa shape index (κ2) is 8.49. The summed E-state index contributed by atoms with van der Waals surface area (Å²) >= 11 is 1.49. The van der Waals surface area contributed by atoms with Crippen molar-refractivity contribution in [3.8, 4) is 11.4 Å². The molecule has 1 fully saturated rings. The van der Waals surface area contributed by atoms with Crippen LogP contribution in [0.3, 0.4) is 0 Å². The van der Waals surface area contributed by atoms with Gasteiger partial charge in [0.25, 0.3) is 5.91 Å². The van der Waals surface area contributed by atoms with Crippen molar-refractivity contribution in [1.29, 1.82) is 0 Å². The fraction of sp³-hybridized carbons (Fsp3) is 0.261. The highest BCUT2D eigenvalue weighted by Crippen LogP contribution is 2.32. The molecule has 31 heavy (non-hydrogen) atoms. The number of carbonyl (C=O) groups is 1. The number of rotatable bonds is 6. The Morgan fingerprint density at radius 1 is 1.23 bits per heavy atom. The Hall–Kier alpha value is -3.23. The molecule has 0 bridgehead atoms. The van der Waals surface area contributed by atoms with E-state index in [0.717, 1.165) is 35.4 Å². The van der Waals surface area contributed by atoms with Gasteiger partial charge in [0.05, 0.1) is 41.9 Å². The van der Waals surface area contributed by atoms with Crippen molar-refractivity contribution in [2.75, 3.05) is 25.2 Å². The van der Waals surface area contributed by atoms with Crippen LogP contribution in [0.4, 0.5) is 5.13 Å². The number of amides is 1. The lowest BCUT2D eigenvalue weighted by molar-refractivity contribution is 0.0910. The molecule has 0 aliphatic carbocycles. The van der Waals surface area contributed by atoms with Crippen LogP contribution < -0.4 is 9.64 Å². The van der Waals surface area contributed by atoms with Gasteiger partial charge >= 0.3 is 0 Å². The van der Waals surface area contributed by atoms with Crippen molar-refractivity contribution in [3.05, 3.63) is 66.5 Å². The molecule has 8 heteroatoms. The van der Waals surface area contributed by atoms with Crippen LogP contribution >= 0.6 is 11.3 Å². The number of para-hydroxylation sites is 2. The zero-order chi connectivity index (χ0) is 21.2. The van der Waals surface area contributed by atoms with Crippen LogP contribution in [0.5, 0.6) is 5.75 Å². The van der Waals surface area contributed by atoms with Crippen molar-refractivity contribution in [3.63, 3.8) is 0 Å². The highest BCUT2D eigenvalue weighted by atomic mass is 32.1. The number of fused-ring (bicyclic) bond motifs is 1. The van der Waals surface area contributed by atoms with Gasteiger partial charge in [-0.05, 0) is 37.1 Å². The van der Waals surface area contributed by atoms with Gasteiger partial charge in [-0.2, -0.15) is 5.10 Å². The summed E-state index contributed by atoms with van der Waals surface area (Å²) in [6, 6.07) is 17.5. The van der Waals surface area contributed by atoms with E-state index in [4.69, 9.17) is 14.5 Å². The van der Waals surface area contributed by atoms with Gasteiger partial charge in [-0.1, -0.05) is 41.7 Å². The average molecular weight is 435 g/mol. The van der Waals surface area contributed by atoms with Gasteiger partial charge in [0.2, 0.25) is 0 Å². The molecule has 1 amide bonds. The molecule has 158 valence electrons. The first kappa shape index (κ1) is 19.7. The number of ether oxygens (including phenoxy) is 2. The normalized spacial score (nSPS) is 16.0. The summed E-state index contributed by atoms with van der Waals surface area (Å²) in [7, 11) is 1.55. The predicted octanol–water partition coefficient (Wildman–Crippen LogP) is 4.32. The Labute approximate surface area is 183 Å². The zero-order valence-corrected chi connectivity index (χ0v) is 17.9. The van der Waals surface area contributed by atoms with Gasteiger partial charge in [-0.25, -0.2) is 9.67 Å². The summed E-state index contributed by atoms with van der Waals surface area (Å²) < 4.78 is 14.0. The van der Waals surface area contributed by atoms with Crippen molar-refractivity contribution in [2.45, 2.75) is 18.9 Å². The van der Waals surface area contributed by atoms with Crippen LogP contribution in [-0.4, -0.2) is 47.0 Å². The number of benzene rings is 2. The van der Waals surface area contributed by atoms with Gasteiger partial charge < -0.3 is 9.47 Å². The van der Waals surface area contributed by atoms with E-state index in [9.17, 15) is 4.79 Å². The highest BCUT2D eigenvalue weighted by molar-refractivity contribution is 7.22. The Kier molecular flexibility index (Phi) is 5.40. The number of hydrogen-bond acceptors (Lipinski definition) is 6. The van der Waals surface area contributed by atoms with Crippen LogP contribution in [-0.2, 0) is 4.74 Å². The Morgan fingerprint density at radius 3 is 2.77 bits per heavy atom. The number of carbonyl (C=O) groups excluding carboxylic acids is 1. The molecule has 0 radical (unpaired) electrons. The molecule has 1 atom stereocenters. The summed E-state index contributed by atoms with van der Waals surface area (Å²) in [6.45, 7) is 1.15. The summed E-state index contributed by atoms with van der Waals surface area (Å²) in [6.07, 6.45) is 3.63. The molecule has 0 saturated carbocycles. The topological polar surface area (TPSA) is 69.5 Å². The van der Waals surface area contributed by atoms with Gasteiger partial charge in [0.1, 0.15) is 0 Å². The van der Waals surface area contributed by atoms with Crippen LogP contribution in [0.25, 0.3) is 15.9 Å². The van der Waals surface area contributed by atoms with E-state index in [1.165, 1.54) is 11.3 Å². The van der Waals surface area contributed by atoms with Crippen molar-refractivity contribution in [1.82, 2.24) is 14.8 Å². The summed E-state index contributed by atoms with van der Waals surface area (Å²) in [5.41, 5.74) is 1.98. The standard InChI is InChI=1S/C23H22N4O3S/c1-29-19-15-27(16-8-3-2-4-9-16)25-21(19)22(28)26(14-17-10-7-13-30-17)23-24-18-11-5-6-12-20(18)31-23/h2-6,8-9,11-12,15,17H,7,10,13-14H2,1H3/t17-/m1/s1. The van der Waals surface area contributed by atoms with E-state index in [-0.39, 0.29) is 17.7 Å². The van der Waals surface area contributed by atoms with Crippen LogP contribution in [0, 0.1) is 0 Å². The minimum atomic E-state index is -0.249. The van der Waals surface area contributed by atoms with Crippen molar-refractivity contribution < 1.29 is 14.3 Å². The number of thiazole rings is 1. The fourth-order valence-electron chi connectivity index (χ4n) is 3.71. The SMILES string of the molecule is COc1cn(-c2ccccc2)nc1C(=O)N(C[C@H]1CCCO1)c1nc2ccccc2s1. The van der Waals surface area contributed by atoms with E-state index in [2.05, 4.69) is 5.10 Å². The molecule has 7 nitrogen and oxygen atoms in total. The third kappa shape index (κ3) is 3.92. The molecular formula is C23H22N4O3S. The second-order valence-corrected chi connectivity index (χ2v) is 8.35. The van der Waals surface area contributed by atoms with Gasteiger partial charge in [0, 0.05) is 6.61 Å². The van der Waals surface area contributed by atoms with E-state index < -0.39 is 0 Å². The maximum Gasteiger partial charge on any atom is 0.284 e. The second-order valence-electron chi connectivity index (χ2n) is 7.34. The number of aromatic nitrogens is 3. The Morgan fingerprint density at radius 2 is 2.03 bits per heavy atom. The molecule has 2 aromatic heterocycles. The molecule has 3 heterocycles. The van der Waals surface area contributed by atoms with Gasteiger partial charge in [0.15, 0.2) is 16.6 Å². The molecular weight excluding hydrogens is 412 g/mol. The molecule has 2 aromatic carbocycles. The lowest BCUT2D eigenvalue weighted by Gasteiger charge is -2.22. The highest BCUT2D eigenvalue weighted by Gasteiger charge is 2.30. The van der Waals surface area contributed by atoms with E-state index >= 15 is 0 Å². The third-order valence-corrected chi connectivity index (χ3v) is 6.35. The summed E-state index contributed by atoms with van der Waals surface area (Å²) in [4.78, 5) is 20.1. The molecule has 4 aromatic rings. The predicted molar refractivity (Wildman–Crippen MR) is 120 cm³/mol. The maximum absolute atomic E-state index is 13.7. The average Bonchev–Trinajstić information content (AvgIpc) is 3.56. The van der Waals surface area contributed by atoms with E-state index in [1.54, 1.807) is 22.9 Å². The van der Waals surface area contributed by atoms with Crippen molar-refractivity contribution >= 4 is 32.6 Å². The molecule has 1 saturated heterocycles. The van der Waals surface area contributed by atoms with Crippen LogP contribution in [0.15, 0.2) is 60.8 Å². The van der Waals surface area contributed by atoms with Crippen molar-refractivity contribution in [2.24, 2.45) is 0 Å². The molecule has 0 N–H and O–H groups in total. The van der Waals surface area contributed by atoms with Crippen LogP contribution in [0.2, 0.25) is 0 Å². The monoisotopic (exact) mass is 434 g/mol.